The number of amides is 7. The Morgan fingerprint density at radius 3 is 2.09 bits per heavy atom. The van der Waals surface area contributed by atoms with Crippen molar-refractivity contribution in [1.82, 2.24) is 35.6 Å². The minimum atomic E-state index is -0.937. The summed E-state index contributed by atoms with van der Waals surface area (Å²) in [4.78, 5) is 101. The van der Waals surface area contributed by atoms with E-state index in [0.717, 1.165) is 44.2 Å². The van der Waals surface area contributed by atoms with Gasteiger partial charge in [-0.1, -0.05) is 59.6 Å². The highest BCUT2D eigenvalue weighted by molar-refractivity contribution is 5.98. The fourth-order valence-corrected chi connectivity index (χ4v) is 9.45. The Morgan fingerprint density at radius 1 is 0.826 bits per heavy atom. The smallest absolute Gasteiger partial charge is 0.408 e. The first-order valence-electron chi connectivity index (χ1n) is 24.9. The predicted molar refractivity (Wildman–Crippen MR) is 266 cm³/mol. The van der Waals surface area contributed by atoms with Crippen molar-refractivity contribution in [3.63, 3.8) is 0 Å². The molecule has 390 valence electrons. The molecule has 3 rings (SSSR count). The molecule has 2 aliphatic heterocycles. The quantitative estimate of drug-likeness (QED) is 0.119. The van der Waals surface area contributed by atoms with E-state index in [4.69, 9.17) is 14.2 Å². The van der Waals surface area contributed by atoms with Crippen LogP contribution in [0.5, 0.6) is 0 Å². The van der Waals surface area contributed by atoms with E-state index >= 15 is 0 Å². The molecule has 0 aromatic heterocycles. The molecule has 0 bridgehead atoms. The second kappa shape index (κ2) is 27.0. The molecule has 0 unspecified atom stereocenters. The zero-order valence-electron chi connectivity index (χ0n) is 44.3. The number of piperidine rings is 1. The summed E-state index contributed by atoms with van der Waals surface area (Å²) in [5.41, 5.74) is 0.656. The van der Waals surface area contributed by atoms with Crippen molar-refractivity contribution in [2.24, 2.45) is 17.8 Å². The lowest BCUT2D eigenvalue weighted by atomic mass is 9.89. The van der Waals surface area contributed by atoms with Crippen LogP contribution in [0, 0.1) is 17.8 Å². The van der Waals surface area contributed by atoms with E-state index in [9.17, 15) is 33.6 Å². The largest absolute Gasteiger partial charge is 0.444 e. The zero-order chi connectivity index (χ0) is 51.9. The number of rotatable bonds is 23. The number of nitrogens with one attached hydrogen (secondary N) is 4. The number of benzene rings is 1. The molecular weight excluding hydrogens is 885 g/mol. The van der Waals surface area contributed by atoms with Gasteiger partial charge in [-0.2, -0.15) is 0 Å². The van der Waals surface area contributed by atoms with Crippen LogP contribution in [0.2, 0.25) is 0 Å². The van der Waals surface area contributed by atoms with Gasteiger partial charge in [0.1, 0.15) is 23.7 Å². The molecule has 7 amide bonds. The number of carbonyl (C=O) groups excluding carboxylic acids is 7. The Kier molecular flexibility index (Phi) is 22.9. The second-order valence-electron chi connectivity index (χ2n) is 20.6. The fraction of sp³-hybridized carbons (Fsp3) is 0.745. The molecule has 10 atom stereocenters. The third kappa shape index (κ3) is 16.9. The summed E-state index contributed by atoms with van der Waals surface area (Å²) in [7, 11) is 8.55. The molecule has 2 saturated heterocycles. The van der Waals surface area contributed by atoms with E-state index in [-0.39, 0.29) is 54.0 Å². The fourth-order valence-electron chi connectivity index (χ4n) is 9.45. The topological polar surface area (TPSA) is 208 Å². The van der Waals surface area contributed by atoms with Crippen LogP contribution in [0.4, 0.5) is 10.5 Å². The number of carbonyl (C=O) groups is 7. The predicted octanol–water partition coefficient (Wildman–Crippen LogP) is 4.59. The van der Waals surface area contributed by atoms with Gasteiger partial charge in [-0.25, -0.2) is 4.79 Å². The molecule has 0 spiro atoms. The molecular formula is C51H86N8O10. The average molecular weight is 971 g/mol. The number of anilines is 1. The van der Waals surface area contributed by atoms with Crippen molar-refractivity contribution in [3.05, 3.63) is 29.8 Å². The highest BCUT2D eigenvalue weighted by Crippen LogP contribution is 2.30. The first-order chi connectivity index (χ1) is 32.3. The Hall–Kier alpha value is -4.81. The third-order valence-electron chi connectivity index (χ3n) is 13.7. The number of likely N-dealkylation sites (N-methyl/N-ethyl adjacent to an activating group) is 3. The van der Waals surface area contributed by atoms with Crippen LogP contribution in [0.3, 0.4) is 0 Å². The summed E-state index contributed by atoms with van der Waals surface area (Å²) >= 11 is 0. The summed E-state index contributed by atoms with van der Waals surface area (Å²) in [6, 6.07) is 3.55. The highest BCUT2D eigenvalue weighted by Gasteiger charge is 2.43. The zero-order valence-corrected chi connectivity index (χ0v) is 44.3. The minimum Gasteiger partial charge on any atom is -0.444 e. The summed E-state index contributed by atoms with van der Waals surface area (Å²) in [5.74, 6) is -2.44. The van der Waals surface area contributed by atoms with E-state index in [0.29, 0.717) is 31.6 Å². The number of methoxy groups -OCH3 is 2. The van der Waals surface area contributed by atoms with Gasteiger partial charge >= 0.3 is 6.09 Å². The summed E-state index contributed by atoms with van der Waals surface area (Å²) < 4.78 is 17.3. The van der Waals surface area contributed by atoms with Gasteiger partial charge in [0.2, 0.25) is 35.4 Å². The van der Waals surface area contributed by atoms with E-state index in [2.05, 4.69) is 26.2 Å². The monoisotopic (exact) mass is 971 g/mol. The molecule has 2 heterocycles. The molecule has 0 aliphatic carbocycles. The maximum Gasteiger partial charge on any atom is 0.408 e. The van der Waals surface area contributed by atoms with Crippen LogP contribution >= 0.6 is 0 Å². The molecule has 2 aliphatic rings. The Morgan fingerprint density at radius 2 is 1.49 bits per heavy atom. The molecule has 69 heavy (non-hydrogen) atoms. The van der Waals surface area contributed by atoms with Crippen molar-refractivity contribution in [2.75, 3.05) is 60.3 Å². The molecule has 4 N–H and O–H groups in total. The molecule has 0 saturated carbocycles. The lowest BCUT2D eigenvalue weighted by molar-refractivity contribution is -0.149. The van der Waals surface area contributed by atoms with Gasteiger partial charge in [0.15, 0.2) is 0 Å². The van der Waals surface area contributed by atoms with Crippen molar-refractivity contribution < 1.29 is 47.8 Å². The van der Waals surface area contributed by atoms with Crippen LogP contribution in [0.25, 0.3) is 0 Å². The van der Waals surface area contributed by atoms with Gasteiger partial charge in [-0.05, 0) is 110 Å². The average Bonchev–Trinajstić information content (AvgIpc) is 3.78. The number of alkyl carbamates (subject to hydrolysis) is 1. The number of hydrogen-bond donors (Lipinski definition) is 4. The maximum absolute atomic E-state index is 14.4. The molecule has 18 nitrogen and oxygen atoms in total. The molecule has 18 heteroatoms. The van der Waals surface area contributed by atoms with Crippen molar-refractivity contribution in [1.29, 1.82) is 0 Å². The van der Waals surface area contributed by atoms with E-state index < -0.39 is 65.8 Å². The van der Waals surface area contributed by atoms with Gasteiger partial charge in [0, 0.05) is 47.1 Å². The van der Waals surface area contributed by atoms with Crippen LogP contribution in [-0.2, 0) is 49.4 Å². The molecule has 1 aromatic rings. The Bertz CT molecular complexity index is 1890. The second-order valence-corrected chi connectivity index (χ2v) is 20.6. The van der Waals surface area contributed by atoms with Gasteiger partial charge in [-0.3, -0.25) is 33.7 Å². The summed E-state index contributed by atoms with van der Waals surface area (Å²) in [6.45, 7) is 19.7. The van der Waals surface area contributed by atoms with Gasteiger partial charge in [-0.15, -0.1) is 0 Å². The minimum absolute atomic E-state index is 0.0173. The summed E-state index contributed by atoms with van der Waals surface area (Å²) in [5, 5.41) is 11.0. The normalized spacial score (nSPS) is 20.0. The first kappa shape index (κ1) is 58.5. The first-order valence-corrected chi connectivity index (χ1v) is 24.9. The Labute approximate surface area is 412 Å². The third-order valence-corrected chi connectivity index (χ3v) is 13.7. The van der Waals surface area contributed by atoms with Gasteiger partial charge < -0.3 is 50.2 Å². The molecule has 0 radical (unpaired) electrons. The number of nitrogens with zero attached hydrogens (tertiary/aromatic N) is 4. The lowest BCUT2D eigenvalue weighted by Gasteiger charge is -2.41. The van der Waals surface area contributed by atoms with Crippen LogP contribution in [0.15, 0.2) is 24.3 Å². The van der Waals surface area contributed by atoms with Gasteiger partial charge in [0.25, 0.3) is 0 Å². The lowest BCUT2D eigenvalue weighted by Crippen LogP contribution is -2.59. The van der Waals surface area contributed by atoms with Crippen LogP contribution < -0.4 is 21.3 Å². The maximum atomic E-state index is 14.4. The van der Waals surface area contributed by atoms with E-state index in [1.54, 1.807) is 77.9 Å². The number of hydrogen-bond acceptors (Lipinski definition) is 11. The van der Waals surface area contributed by atoms with Crippen LogP contribution in [-0.4, -0.2) is 170 Å². The number of ether oxygens (including phenoxy) is 3. The van der Waals surface area contributed by atoms with Crippen molar-refractivity contribution >= 4 is 47.2 Å². The van der Waals surface area contributed by atoms with Gasteiger partial charge in [0.05, 0.1) is 42.7 Å². The van der Waals surface area contributed by atoms with Crippen molar-refractivity contribution in [3.8, 4) is 0 Å². The molecule has 2 fully saturated rings. The van der Waals surface area contributed by atoms with Crippen LogP contribution in [0.1, 0.15) is 120 Å². The highest BCUT2D eigenvalue weighted by atomic mass is 16.6. The number of likely N-dealkylation sites (tertiary alicyclic amines) is 2. The van der Waals surface area contributed by atoms with E-state index in [1.807, 2.05) is 58.7 Å². The summed E-state index contributed by atoms with van der Waals surface area (Å²) in [6.07, 6.45) is 3.42. The van der Waals surface area contributed by atoms with E-state index in [1.165, 1.54) is 6.92 Å². The SMILES string of the molecule is CC[C@H](C)[C@@H]([C@@H](CC(=O)N1CCC[C@H]1[C@H](OC)[C@@H](C)C(=O)N(C)CCc1cccc(NC(=O)[C@H](C)NC(=O)[C@H](C)NC(=O)OC(C)(C)C)c1)OC)N(C)C(=O)[C@@H](NC(=O)[C@@H]1CCCCN1C)C(C)C. The standard InChI is InChI=1S/C51H86N8O10/c1-16-32(4)43(58(13)49(65)42(31(2)3)55-47(63)39-23-17-18-26-56(39)11)40(67-14)30-41(60)59-27-20-24-38(59)44(68-15)33(5)48(64)57(12)28-25-36-21-19-22-37(29-36)54-46(62)34(6)52-45(61)35(7)53-50(66)69-51(8,9)10/h19,21-22,29,31-35,38-40,42-44H,16-18,20,23-28,30H2,1-15H3,(H,52,61)(H,53,66)(H,54,62)(H,55,63)/t32-,33+,34-,35-,38-,39-,40+,42-,43-,44+/m0/s1. The van der Waals surface area contributed by atoms with Crippen molar-refractivity contribution in [2.45, 2.75) is 175 Å². The Balaban J connectivity index is 1.64. The molecule has 1 aromatic carbocycles.